The van der Waals surface area contributed by atoms with Crippen molar-refractivity contribution in [3.8, 4) is 5.75 Å². The van der Waals surface area contributed by atoms with Gasteiger partial charge in [-0.15, -0.1) is 0 Å². The lowest BCUT2D eigenvalue weighted by Crippen LogP contribution is -2.50. The van der Waals surface area contributed by atoms with Gasteiger partial charge in [0.25, 0.3) is 5.91 Å². The Labute approximate surface area is 198 Å². The van der Waals surface area contributed by atoms with Gasteiger partial charge >= 0.3 is 0 Å². The second-order valence-electron chi connectivity index (χ2n) is 7.56. The average Bonchev–Trinajstić information content (AvgIpc) is 2.73. The van der Waals surface area contributed by atoms with Crippen LogP contribution in [0, 0.1) is 0 Å². The number of likely N-dealkylation sites (N-methyl/N-ethyl adjacent to an activating group) is 1. The molecule has 0 bridgehead atoms. The molecule has 0 radical (unpaired) electrons. The zero-order chi connectivity index (χ0) is 23.0. The summed E-state index contributed by atoms with van der Waals surface area (Å²) >= 11 is 9.84. The number of nitrogens with one attached hydrogen (secondary N) is 1. The molecular weight excluding hydrogens is 480 g/mol. The predicted octanol–water partition coefficient (Wildman–Crippen LogP) is 5.55. The summed E-state index contributed by atoms with van der Waals surface area (Å²) in [5.41, 5.74) is 1.95. The first kappa shape index (κ1) is 25.2. The van der Waals surface area contributed by atoms with Crippen molar-refractivity contribution in [1.29, 1.82) is 0 Å². The molecule has 2 aromatic rings. The first-order valence-electron chi connectivity index (χ1n) is 10.5. The molecule has 1 N–H and O–H groups in total. The van der Waals surface area contributed by atoms with Crippen LogP contribution in [0.2, 0.25) is 5.02 Å². The minimum absolute atomic E-state index is 0.181. The number of hydrogen-bond acceptors (Lipinski definition) is 3. The smallest absolute Gasteiger partial charge is 0.261 e. The Kier molecular flexibility index (Phi) is 9.85. The number of nitrogens with zero attached hydrogens (tertiary/aromatic N) is 1. The van der Waals surface area contributed by atoms with Gasteiger partial charge in [0.2, 0.25) is 5.91 Å². The third kappa shape index (κ3) is 6.97. The molecular formula is C24H30BrClN2O3. The highest BCUT2D eigenvalue weighted by Gasteiger charge is 2.29. The molecule has 0 aliphatic rings. The van der Waals surface area contributed by atoms with Crippen LogP contribution in [0.4, 0.5) is 0 Å². The standard InChI is InChI=1S/C24H30BrClN2O3/c1-5-21(24(30)27-6-2)28(14-18-9-7-8-10-20(18)26)23(29)15-31-22-12-11-17(16(3)4)13-19(22)25/h7-13,16,21H,5-6,14-15H2,1-4H3,(H,27,30)/t21-/m1/s1. The number of ether oxygens (including phenoxy) is 1. The van der Waals surface area contributed by atoms with Crippen LogP contribution in [-0.2, 0) is 16.1 Å². The van der Waals surface area contributed by atoms with Gasteiger partial charge in [0, 0.05) is 18.1 Å². The zero-order valence-corrected chi connectivity index (χ0v) is 20.8. The fourth-order valence-electron chi connectivity index (χ4n) is 3.24. The van der Waals surface area contributed by atoms with Crippen LogP contribution in [-0.4, -0.2) is 35.9 Å². The monoisotopic (exact) mass is 508 g/mol. The van der Waals surface area contributed by atoms with Crippen LogP contribution in [0.15, 0.2) is 46.9 Å². The van der Waals surface area contributed by atoms with E-state index in [2.05, 4.69) is 35.1 Å². The van der Waals surface area contributed by atoms with E-state index in [1.54, 1.807) is 11.0 Å². The summed E-state index contributed by atoms with van der Waals surface area (Å²) in [6.45, 7) is 8.51. The average molecular weight is 510 g/mol. The van der Waals surface area contributed by atoms with Gasteiger partial charge in [-0.1, -0.05) is 56.6 Å². The molecule has 2 aromatic carbocycles. The number of carbonyl (C=O) groups is 2. The molecule has 2 amide bonds. The normalized spacial score (nSPS) is 11.8. The molecule has 5 nitrogen and oxygen atoms in total. The van der Waals surface area contributed by atoms with E-state index in [-0.39, 0.29) is 25.0 Å². The highest BCUT2D eigenvalue weighted by molar-refractivity contribution is 9.10. The zero-order valence-electron chi connectivity index (χ0n) is 18.5. The Morgan fingerprint density at radius 3 is 2.45 bits per heavy atom. The lowest BCUT2D eigenvalue weighted by Gasteiger charge is -2.30. The van der Waals surface area contributed by atoms with E-state index >= 15 is 0 Å². The van der Waals surface area contributed by atoms with Crippen LogP contribution in [0.1, 0.15) is 51.2 Å². The maximum atomic E-state index is 13.2. The van der Waals surface area contributed by atoms with Crippen LogP contribution in [0.3, 0.4) is 0 Å². The first-order valence-corrected chi connectivity index (χ1v) is 11.7. The number of benzene rings is 2. The van der Waals surface area contributed by atoms with Gasteiger partial charge in [-0.3, -0.25) is 9.59 Å². The van der Waals surface area contributed by atoms with Crippen molar-refractivity contribution in [2.24, 2.45) is 0 Å². The van der Waals surface area contributed by atoms with Gasteiger partial charge in [-0.25, -0.2) is 0 Å². The minimum Gasteiger partial charge on any atom is -0.483 e. The largest absolute Gasteiger partial charge is 0.483 e. The van der Waals surface area contributed by atoms with Crippen molar-refractivity contribution in [2.75, 3.05) is 13.2 Å². The summed E-state index contributed by atoms with van der Waals surface area (Å²) in [5.74, 6) is 0.507. The molecule has 168 valence electrons. The topological polar surface area (TPSA) is 58.6 Å². The van der Waals surface area contributed by atoms with Gasteiger partial charge in [0.05, 0.1) is 4.47 Å². The lowest BCUT2D eigenvalue weighted by atomic mass is 10.0. The third-order valence-electron chi connectivity index (χ3n) is 5.01. The molecule has 0 saturated carbocycles. The highest BCUT2D eigenvalue weighted by atomic mass is 79.9. The second-order valence-corrected chi connectivity index (χ2v) is 8.83. The Balaban J connectivity index is 2.23. The Hall–Kier alpha value is -2.05. The van der Waals surface area contributed by atoms with Crippen LogP contribution in [0.5, 0.6) is 5.75 Å². The molecule has 7 heteroatoms. The van der Waals surface area contributed by atoms with Crippen LogP contribution < -0.4 is 10.1 Å². The molecule has 0 aliphatic carbocycles. The van der Waals surface area contributed by atoms with E-state index in [1.807, 2.05) is 50.2 Å². The molecule has 0 saturated heterocycles. The van der Waals surface area contributed by atoms with E-state index < -0.39 is 6.04 Å². The summed E-state index contributed by atoms with van der Waals surface area (Å²) < 4.78 is 6.61. The number of carbonyl (C=O) groups excluding carboxylic acids is 2. The maximum absolute atomic E-state index is 13.2. The quantitative estimate of drug-likeness (QED) is 0.457. The number of hydrogen-bond donors (Lipinski definition) is 1. The number of rotatable bonds is 10. The van der Waals surface area contributed by atoms with Crippen LogP contribution >= 0.6 is 27.5 Å². The fourth-order valence-corrected chi connectivity index (χ4v) is 3.94. The molecule has 0 fully saturated rings. The number of halogens is 2. The molecule has 31 heavy (non-hydrogen) atoms. The summed E-state index contributed by atoms with van der Waals surface area (Å²) in [6, 6.07) is 12.5. The van der Waals surface area contributed by atoms with E-state index in [0.29, 0.717) is 29.7 Å². The van der Waals surface area contributed by atoms with Gasteiger partial charge < -0.3 is 15.0 Å². The Morgan fingerprint density at radius 1 is 1.16 bits per heavy atom. The molecule has 0 aromatic heterocycles. The second kappa shape index (κ2) is 12.1. The fraction of sp³-hybridized carbons (Fsp3) is 0.417. The molecule has 1 atom stereocenters. The predicted molar refractivity (Wildman–Crippen MR) is 128 cm³/mol. The maximum Gasteiger partial charge on any atom is 0.261 e. The summed E-state index contributed by atoms with van der Waals surface area (Å²) in [6.07, 6.45) is 0.481. The van der Waals surface area contributed by atoms with E-state index in [4.69, 9.17) is 16.3 Å². The van der Waals surface area contributed by atoms with Gasteiger partial charge in [0.1, 0.15) is 11.8 Å². The van der Waals surface area contributed by atoms with E-state index in [9.17, 15) is 9.59 Å². The molecule has 0 spiro atoms. The van der Waals surface area contributed by atoms with Crippen molar-refractivity contribution in [3.63, 3.8) is 0 Å². The SMILES string of the molecule is CCNC(=O)[C@@H](CC)N(Cc1ccccc1Cl)C(=O)COc1ccc(C(C)C)cc1Br. The van der Waals surface area contributed by atoms with Crippen molar-refractivity contribution in [3.05, 3.63) is 63.1 Å². The third-order valence-corrected chi connectivity index (χ3v) is 6.00. The Morgan fingerprint density at radius 2 is 1.87 bits per heavy atom. The van der Waals surface area contributed by atoms with Gasteiger partial charge in [-0.05, 0) is 64.5 Å². The van der Waals surface area contributed by atoms with Crippen molar-refractivity contribution >= 4 is 39.3 Å². The van der Waals surface area contributed by atoms with Crippen LogP contribution in [0.25, 0.3) is 0 Å². The summed E-state index contributed by atoms with van der Waals surface area (Å²) in [4.78, 5) is 27.4. The van der Waals surface area contributed by atoms with Gasteiger partial charge in [-0.2, -0.15) is 0 Å². The highest BCUT2D eigenvalue weighted by Crippen LogP contribution is 2.29. The van der Waals surface area contributed by atoms with Crippen molar-refractivity contribution < 1.29 is 14.3 Å². The van der Waals surface area contributed by atoms with E-state index in [0.717, 1.165) is 10.0 Å². The lowest BCUT2D eigenvalue weighted by molar-refractivity contribution is -0.142. The minimum atomic E-state index is -0.612. The first-order chi connectivity index (χ1) is 14.8. The summed E-state index contributed by atoms with van der Waals surface area (Å²) in [5, 5.41) is 3.37. The molecule has 0 heterocycles. The summed E-state index contributed by atoms with van der Waals surface area (Å²) in [7, 11) is 0. The molecule has 0 aliphatic heterocycles. The van der Waals surface area contributed by atoms with E-state index in [1.165, 1.54) is 5.56 Å². The molecule has 0 unspecified atom stereocenters. The number of amides is 2. The van der Waals surface area contributed by atoms with Crippen molar-refractivity contribution in [2.45, 2.75) is 52.6 Å². The van der Waals surface area contributed by atoms with Crippen molar-refractivity contribution in [1.82, 2.24) is 10.2 Å². The Bertz CT molecular complexity index is 904. The van der Waals surface area contributed by atoms with Gasteiger partial charge in [0.15, 0.2) is 6.61 Å². The molecule has 2 rings (SSSR count).